The fourth-order valence-electron chi connectivity index (χ4n) is 4.04. The van der Waals surface area contributed by atoms with E-state index in [9.17, 15) is 4.79 Å². The Bertz CT molecular complexity index is 1040. The first-order valence-electron chi connectivity index (χ1n) is 10.4. The maximum absolute atomic E-state index is 13.4. The van der Waals surface area contributed by atoms with Crippen LogP contribution in [0, 0.1) is 6.92 Å². The summed E-state index contributed by atoms with van der Waals surface area (Å²) in [6.45, 7) is 5.90. The molecule has 1 amide bonds. The lowest BCUT2D eigenvalue weighted by Crippen LogP contribution is -2.27. The first kappa shape index (κ1) is 19.4. The average molecular weight is 393 g/mol. The standard InChI is InChI=1S/C23H28N4O2/c1-4-29-19-11-8-7-10-17(19)15-26(3)23(28)18-14-16(2)24-22-21(18)25-20-12-6-5-9-13-27(20)22/h7-8,10-11,14H,4-6,9,12-13,15H2,1-3H3. The molecule has 0 aliphatic carbocycles. The van der Waals surface area contributed by atoms with Crippen LogP contribution in [0.25, 0.3) is 11.2 Å². The van der Waals surface area contributed by atoms with Gasteiger partial charge < -0.3 is 14.2 Å². The quantitative estimate of drug-likeness (QED) is 0.655. The van der Waals surface area contributed by atoms with Gasteiger partial charge in [0.15, 0.2) is 5.65 Å². The highest BCUT2D eigenvalue weighted by Crippen LogP contribution is 2.26. The second-order valence-electron chi connectivity index (χ2n) is 7.68. The van der Waals surface area contributed by atoms with Crippen LogP contribution < -0.4 is 4.74 Å². The number of aryl methyl sites for hydroxylation is 3. The molecule has 6 heteroatoms. The number of nitrogens with zero attached hydrogens (tertiary/aromatic N) is 4. The summed E-state index contributed by atoms with van der Waals surface area (Å²) in [6, 6.07) is 9.73. The van der Waals surface area contributed by atoms with Crippen molar-refractivity contribution in [2.45, 2.75) is 52.6 Å². The molecule has 0 atom stereocenters. The lowest BCUT2D eigenvalue weighted by Gasteiger charge is -2.19. The molecular weight excluding hydrogens is 364 g/mol. The number of para-hydroxylation sites is 1. The molecule has 29 heavy (non-hydrogen) atoms. The van der Waals surface area contributed by atoms with Gasteiger partial charge in [-0.25, -0.2) is 9.97 Å². The van der Waals surface area contributed by atoms with E-state index >= 15 is 0 Å². The van der Waals surface area contributed by atoms with Gasteiger partial charge in [0.05, 0.1) is 12.2 Å². The highest BCUT2D eigenvalue weighted by Gasteiger charge is 2.23. The molecule has 0 saturated heterocycles. The van der Waals surface area contributed by atoms with E-state index in [2.05, 4.69) is 4.57 Å². The molecule has 0 spiro atoms. The minimum absolute atomic E-state index is 0.0416. The molecule has 0 saturated carbocycles. The van der Waals surface area contributed by atoms with Crippen molar-refractivity contribution in [1.82, 2.24) is 19.4 Å². The number of ether oxygens (including phenoxy) is 1. The molecule has 0 fully saturated rings. The van der Waals surface area contributed by atoms with Gasteiger partial charge in [-0.15, -0.1) is 0 Å². The van der Waals surface area contributed by atoms with Crippen LogP contribution in [-0.4, -0.2) is 39.0 Å². The van der Waals surface area contributed by atoms with Crippen molar-refractivity contribution in [2.75, 3.05) is 13.7 Å². The Morgan fingerprint density at radius 1 is 1.21 bits per heavy atom. The van der Waals surface area contributed by atoms with E-state index in [0.717, 1.165) is 59.8 Å². The molecular formula is C23H28N4O2. The zero-order valence-corrected chi connectivity index (χ0v) is 17.4. The molecule has 2 aromatic heterocycles. The highest BCUT2D eigenvalue weighted by atomic mass is 16.5. The van der Waals surface area contributed by atoms with Crippen LogP contribution in [0.4, 0.5) is 0 Å². The summed E-state index contributed by atoms with van der Waals surface area (Å²) in [5.41, 5.74) is 4.03. The van der Waals surface area contributed by atoms with Gasteiger partial charge in [-0.3, -0.25) is 4.79 Å². The summed E-state index contributed by atoms with van der Waals surface area (Å²) in [4.78, 5) is 24.7. The molecule has 0 bridgehead atoms. The van der Waals surface area contributed by atoms with E-state index in [0.29, 0.717) is 18.7 Å². The summed E-state index contributed by atoms with van der Waals surface area (Å²) in [6.07, 6.45) is 4.43. The highest BCUT2D eigenvalue weighted by molar-refractivity contribution is 6.04. The van der Waals surface area contributed by atoms with Gasteiger partial charge >= 0.3 is 0 Å². The molecule has 0 unspecified atom stereocenters. The number of amides is 1. The van der Waals surface area contributed by atoms with Gasteiger partial charge in [-0.2, -0.15) is 0 Å². The Hall–Kier alpha value is -2.89. The second kappa shape index (κ2) is 8.23. The predicted molar refractivity (Wildman–Crippen MR) is 113 cm³/mol. The maximum atomic E-state index is 13.4. The van der Waals surface area contributed by atoms with Crippen LogP contribution in [-0.2, 0) is 19.5 Å². The summed E-state index contributed by atoms with van der Waals surface area (Å²) in [7, 11) is 1.83. The summed E-state index contributed by atoms with van der Waals surface area (Å²) in [5, 5.41) is 0. The number of carbonyl (C=O) groups is 1. The smallest absolute Gasteiger partial charge is 0.256 e. The number of benzene rings is 1. The van der Waals surface area contributed by atoms with E-state index in [4.69, 9.17) is 14.7 Å². The molecule has 1 aromatic carbocycles. The summed E-state index contributed by atoms with van der Waals surface area (Å²) in [5.74, 6) is 1.83. The Morgan fingerprint density at radius 2 is 2.03 bits per heavy atom. The lowest BCUT2D eigenvalue weighted by atomic mass is 10.1. The lowest BCUT2D eigenvalue weighted by molar-refractivity contribution is 0.0785. The first-order chi connectivity index (χ1) is 14.1. The molecule has 1 aliphatic heterocycles. The number of fused-ring (bicyclic) bond motifs is 3. The largest absolute Gasteiger partial charge is 0.494 e. The Labute approximate surface area is 171 Å². The first-order valence-corrected chi connectivity index (χ1v) is 10.4. The number of hydrogen-bond donors (Lipinski definition) is 0. The van der Waals surface area contributed by atoms with Crippen molar-refractivity contribution in [3.63, 3.8) is 0 Å². The topological polar surface area (TPSA) is 60.2 Å². The van der Waals surface area contributed by atoms with E-state index < -0.39 is 0 Å². The van der Waals surface area contributed by atoms with Gasteiger partial charge in [-0.05, 0) is 38.8 Å². The zero-order valence-electron chi connectivity index (χ0n) is 17.4. The Balaban J connectivity index is 1.68. The van der Waals surface area contributed by atoms with Gasteiger partial charge in [0.1, 0.15) is 17.1 Å². The molecule has 0 radical (unpaired) electrons. The SMILES string of the molecule is CCOc1ccccc1CN(C)C(=O)c1cc(C)nc2c1nc1n2CCCCC1. The number of carbonyl (C=O) groups excluding carboxylic acids is 1. The number of rotatable bonds is 5. The third-order valence-corrected chi connectivity index (χ3v) is 5.45. The third-order valence-electron chi connectivity index (χ3n) is 5.45. The van der Waals surface area contributed by atoms with Crippen molar-refractivity contribution < 1.29 is 9.53 Å². The zero-order chi connectivity index (χ0) is 20.4. The molecule has 1 aliphatic rings. The number of imidazole rings is 1. The van der Waals surface area contributed by atoms with E-state index in [1.54, 1.807) is 4.90 Å². The number of aromatic nitrogens is 3. The molecule has 6 nitrogen and oxygen atoms in total. The van der Waals surface area contributed by atoms with E-state index in [-0.39, 0.29) is 5.91 Å². The minimum atomic E-state index is -0.0416. The second-order valence-corrected chi connectivity index (χ2v) is 7.68. The van der Waals surface area contributed by atoms with Crippen LogP contribution in [0.3, 0.4) is 0 Å². The van der Waals surface area contributed by atoms with E-state index in [1.165, 1.54) is 6.42 Å². The summed E-state index contributed by atoms with van der Waals surface area (Å²) >= 11 is 0. The van der Waals surface area contributed by atoms with Crippen LogP contribution in [0.2, 0.25) is 0 Å². The number of hydrogen-bond acceptors (Lipinski definition) is 4. The van der Waals surface area contributed by atoms with Gasteiger partial charge in [0, 0.05) is 37.8 Å². The van der Waals surface area contributed by atoms with Crippen molar-refractivity contribution in [3.8, 4) is 5.75 Å². The Kier molecular flexibility index (Phi) is 5.51. The van der Waals surface area contributed by atoms with Crippen molar-refractivity contribution in [1.29, 1.82) is 0 Å². The van der Waals surface area contributed by atoms with Crippen LogP contribution in [0.5, 0.6) is 5.75 Å². The van der Waals surface area contributed by atoms with Crippen molar-refractivity contribution >= 4 is 17.1 Å². The monoisotopic (exact) mass is 392 g/mol. The molecule has 3 heterocycles. The normalized spacial score (nSPS) is 13.8. The molecule has 0 N–H and O–H groups in total. The van der Waals surface area contributed by atoms with Gasteiger partial charge in [0.25, 0.3) is 5.91 Å². The third kappa shape index (κ3) is 3.84. The molecule has 3 aromatic rings. The fraction of sp³-hybridized carbons (Fsp3) is 0.435. The minimum Gasteiger partial charge on any atom is -0.494 e. The summed E-state index contributed by atoms with van der Waals surface area (Å²) < 4.78 is 7.92. The van der Waals surface area contributed by atoms with Crippen molar-refractivity contribution in [2.24, 2.45) is 0 Å². The van der Waals surface area contributed by atoms with Gasteiger partial charge in [-0.1, -0.05) is 24.6 Å². The Morgan fingerprint density at radius 3 is 2.86 bits per heavy atom. The fourth-order valence-corrected chi connectivity index (χ4v) is 4.04. The van der Waals surface area contributed by atoms with E-state index in [1.807, 2.05) is 51.2 Å². The van der Waals surface area contributed by atoms with Gasteiger partial charge in [0.2, 0.25) is 0 Å². The number of pyridine rings is 1. The average Bonchev–Trinajstić information content (AvgIpc) is 2.89. The van der Waals surface area contributed by atoms with Crippen LogP contribution in [0.1, 0.15) is 53.6 Å². The maximum Gasteiger partial charge on any atom is 0.256 e. The predicted octanol–water partition coefficient (Wildman–Crippen LogP) is 4.14. The van der Waals surface area contributed by atoms with Crippen molar-refractivity contribution in [3.05, 3.63) is 53.0 Å². The van der Waals surface area contributed by atoms with Crippen LogP contribution >= 0.6 is 0 Å². The molecule has 152 valence electrons. The molecule has 4 rings (SSSR count). The van der Waals surface area contributed by atoms with Crippen LogP contribution in [0.15, 0.2) is 30.3 Å².